The van der Waals surface area contributed by atoms with E-state index >= 15 is 0 Å². The van der Waals surface area contributed by atoms with Crippen molar-refractivity contribution in [2.75, 3.05) is 32.8 Å². The second kappa shape index (κ2) is 11.9. The highest BCUT2D eigenvalue weighted by atomic mass is 16.5. The highest BCUT2D eigenvalue weighted by Gasteiger charge is 2.27. The fraction of sp³-hybridized carbons (Fsp3) is 0.375. The van der Waals surface area contributed by atoms with Gasteiger partial charge in [-0.1, -0.05) is 48.5 Å². The zero-order chi connectivity index (χ0) is 21.9. The van der Waals surface area contributed by atoms with Crippen LogP contribution >= 0.6 is 0 Å². The fourth-order valence-electron chi connectivity index (χ4n) is 3.51. The number of rotatable bonds is 9. The number of amides is 3. The Labute approximate surface area is 182 Å². The summed E-state index contributed by atoms with van der Waals surface area (Å²) >= 11 is 0. The van der Waals surface area contributed by atoms with E-state index in [1.54, 1.807) is 17.0 Å². The number of hydrogen-bond donors (Lipinski definition) is 2. The van der Waals surface area contributed by atoms with Gasteiger partial charge in [0.1, 0.15) is 6.61 Å². The van der Waals surface area contributed by atoms with Crippen molar-refractivity contribution in [3.63, 3.8) is 0 Å². The van der Waals surface area contributed by atoms with E-state index in [0.717, 1.165) is 5.56 Å². The monoisotopic (exact) mass is 423 g/mol. The van der Waals surface area contributed by atoms with Gasteiger partial charge < -0.3 is 20.3 Å². The van der Waals surface area contributed by atoms with Crippen molar-refractivity contribution in [2.24, 2.45) is 5.92 Å². The van der Waals surface area contributed by atoms with Crippen molar-refractivity contribution in [3.8, 4) is 0 Å². The third-order valence-corrected chi connectivity index (χ3v) is 5.30. The van der Waals surface area contributed by atoms with Gasteiger partial charge in [-0.25, -0.2) is 0 Å². The Kier molecular flexibility index (Phi) is 8.60. The topological polar surface area (TPSA) is 87.7 Å². The van der Waals surface area contributed by atoms with Crippen LogP contribution in [0.5, 0.6) is 0 Å². The molecule has 3 amide bonds. The van der Waals surface area contributed by atoms with Crippen molar-refractivity contribution in [1.29, 1.82) is 0 Å². The zero-order valence-corrected chi connectivity index (χ0v) is 17.6. The first kappa shape index (κ1) is 22.5. The summed E-state index contributed by atoms with van der Waals surface area (Å²) in [5.74, 6) is -0.338. The molecule has 0 aromatic heterocycles. The number of hydrogen-bond acceptors (Lipinski definition) is 4. The second-order valence-corrected chi connectivity index (χ2v) is 7.55. The molecule has 1 aliphatic rings. The molecule has 3 rings (SSSR count). The summed E-state index contributed by atoms with van der Waals surface area (Å²) in [5, 5.41) is 5.66. The van der Waals surface area contributed by atoms with Crippen molar-refractivity contribution >= 4 is 17.7 Å². The van der Waals surface area contributed by atoms with Crippen LogP contribution in [0, 0.1) is 5.92 Å². The molecule has 31 heavy (non-hydrogen) atoms. The van der Waals surface area contributed by atoms with Gasteiger partial charge in [0, 0.05) is 37.7 Å². The molecule has 7 nitrogen and oxygen atoms in total. The fourth-order valence-corrected chi connectivity index (χ4v) is 3.51. The summed E-state index contributed by atoms with van der Waals surface area (Å²) in [6, 6.07) is 18.7. The standard InChI is InChI=1S/C24H29N3O4/c28-22(18-31-17-19-7-3-1-4-8-19)27-15-11-21(12-16-27)24(30)26-14-13-25-23(29)20-9-5-2-6-10-20/h1-10,21H,11-18H2,(H,25,29)(H,26,30). The Morgan fingerprint density at radius 3 is 2.16 bits per heavy atom. The van der Waals surface area contributed by atoms with Crippen LogP contribution < -0.4 is 10.6 Å². The minimum Gasteiger partial charge on any atom is -0.367 e. The van der Waals surface area contributed by atoms with Crippen LogP contribution in [0.25, 0.3) is 0 Å². The SMILES string of the molecule is O=C(NCCNC(=O)C1CCN(C(=O)COCc2ccccc2)CC1)c1ccccc1. The Bertz CT molecular complexity index is 850. The van der Waals surface area contributed by atoms with Gasteiger partial charge in [0.25, 0.3) is 5.91 Å². The van der Waals surface area contributed by atoms with Crippen molar-refractivity contribution in [1.82, 2.24) is 15.5 Å². The molecule has 0 unspecified atom stereocenters. The molecule has 0 aliphatic carbocycles. The molecule has 1 heterocycles. The number of nitrogens with one attached hydrogen (secondary N) is 2. The number of benzene rings is 2. The molecule has 1 fully saturated rings. The van der Waals surface area contributed by atoms with Crippen molar-refractivity contribution in [3.05, 3.63) is 71.8 Å². The van der Waals surface area contributed by atoms with Gasteiger partial charge in [-0.05, 0) is 30.5 Å². The summed E-state index contributed by atoms with van der Waals surface area (Å²) in [4.78, 5) is 38.4. The number of ether oxygens (including phenoxy) is 1. The molecule has 7 heteroatoms. The highest BCUT2D eigenvalue weighted by molar-refractivity contribution is 5.94. The van der Waals surface area contributed by atoms with Gasteiger partial charge in [-0.2, -0.15) is 0 Å². The van der Waals surface area contributed by atoms with E-state index in [9.17, 15) is 14.4 Å². The number of carbonyl (C=O) groups excluding carboxylic acids is 3. The number of piperidine rings is 1. The van der Waals surface area contributed by atoms with Gasteiger partial charge in [0.15, 0.2) is 0 Å². The summed E-state index contributed by atoms with van der Waals surface area (Å²) in [6.07, 6.45) is 1.26. The van der Waals surface area contributed by atoms with E-state index in [1.807, 2.05) is 48.5 Å². The molecule has 0 atom stereocenters. The van der Waals surface area contributed by atoms with Crippen LogP contribution in [0.15, 0.2) is 60.7 Å². The lowest BCUT2D eigenvalue weighted by Gasteiger charge is -2.31. The maximum absolute atomic E-state index is 12.4. The van der Waals surface area contributed by atoms with Gasteiger partial charge in [0.2, 0.25) is 11.8 Å². The molecule has 0 spiro atoms. The largest absolute Gasteiger partial charge is 0.367 e. The number of likely N-dealkylation sites (tertiary alicyclic amines) is 1. The minimum atomic E-state index is -0.156. The Morgan fingerprint density at radius 2 is 1.48 bits per heavy atom. The molecule has 0 radical (unpaired) electrons. The van der Waals surface area contributed by atoms with E-state index in [4.69, 9.17) is 4.74 Å². The maximum atomic E-state index is 12.4. The third kappa shape index (κ3) is 7.22. The third-order valence-electron chi connectivity index (χ3n) is 5.30. The van der Waals surface area contributed by atoms with Crippen LogP contribution in [0.3, 0.4) is 0 Å². The van der Waals surface area contributed by atoms with Crippen molar-refractivity contribution in [2.45, 2.75) is 19.4 Å². The van der Waals surface area contributed by atoms with E-state index in [-0.39, 0.29) is 30.2 Å². The van der Waals surface area contributed by atoms with Crippen LogP contribution in [0.2, 0.25) is 0 Å². The number of nitrogens with zero attached hydrogens (tertiary/aromatic N) is 1. The van der Waals surface area contributed by atoms with Crippen molar-refractivity contribution < 1.29 is 19.1 Å². The zero-order valence-electron chi connectivity index (χ0n) is 17.6. The lowest BCUT2D eigenvalue weighted by Crippen LogP contribution is -2.45. The maximum Gasteiger partial charge on any atom is 0.251 e. The summed E-state index contributed by atoms with van der Waals surface area (Å²) in [6.45, 7) is 2.31. The van der Waals surface area contributed by atoms with Crippen LogP contribution in [0.4, 0.5) is 0 Å². The average Bonchev–Trinajstić information content (AvgIpc) is 2.83. The summed E-state index contributed by atoms with van der Waals surface area (Å²) in [5.41, 5.74) is 1.63. The molecule has 0 bridgehead atoms. The molecule has 164 valence electrons. The molecular formula is C24H29N3O4. The van der Waals surface area contributed by atoms with Crippen LogP contribution in [0.1, 0.15) is 28.8 Å². The first-order valence-electron chi connectivity index (χ1n) is 10.6. The molecule has 2 aromatic carbocycles. The molecule has 0 saturated carbocycles. The first-order valence-corrected chi connectivity index (χ1v) is 10.6. The van der Waals surface area contributed by atoms with Gasteiger partial charge in [-0.3, -0.25) is 14.4 Å². The smallest absolute Gasteiger partial charge is 0.251 e. The molecule has 1 saturated heterocycles. The quantitative estimate of drug-likeness (QED) is 0.604. The van der Waals surface area contributed by atoms with E-state index < -0.39 is 0 Å². The lowest BCUT2D eigenvalue weighted by molar-refractivity contribution is -0.140. The van der Waals surface area contributed by atoms with E-state index in [0.29, 0.717) is 51.2 Å². The number of carbonyl (C=O) groups is 3. The molecule has 2 aromatic rings. The minimum absolute atomic E-state index is 0.0265. The molecule has 1 aliphatic heterocycles. The van der Waals surface area contributed by atoms with Gasteiger partial charge >= 0.3 is 0 Å². The normalized spacial score (nSPS) is 14.1. The predicted octanol–water partition coefficient (Wildman–Crippen LogP) is 1.99. The Hall–Kier alpha value is -3.19. The molecule has 2 N–H and O–H groups in total. The van der Waals surface area contributed by atoms with Gasteiger partial charge in [-0.15, -0.1) is 0 Å². The lowest BCUT2D eigenvalue weighted by atomic mass is 9.96. The first-order chi connectivity index (χ1) is 15.1. The summed E-state index contributed by atoms with van der Waals surface area (Å²) in [7, 11) is 0. The van der Waals surface area contributed by atoms with Crippen LogP contribution in [-0.2, 0) is 20.9 Å². The summed E-state index contributed by atoms with van der Waals surface area (Å²) < 4.78 is 5.52. The second-order valence-electron chi connectivity index (χ2n) is 7.55. The molecular weight excluding hydrogens is 394 g/mol. The van der Waals surface area contributed by atoms with E-state index in [2.05, 4.69) is 10.6 Å². The highest BCUT2D eigenvalue weighted by Crippen LogP contribution is 2.17. The Balaban J connectivity index is 1.28. The van der Waals surface area contributed by atoms with Crippen LogP contribution in [-0.4, -0.2) is 55.4 Å². The predicted molar refractivity (Wildman–Crippen MR) is 117 cm³/mol. The van der Waals surface area contributed by atoms with E-state index in [1.165, 1.54) is 0 Å². The Morgan fingerprint density at radius 1 is 0.871 bits per heavy atom. The van der Waals surface area contributed by atoms with Gasteiger partial charge in [0.05, 0.1) is 6.61 Å². The average molecular weight is 424 g/mol.